The van der Waals surface area contributed by atoms with E-state index in [2.05, 4.69) is 29.2 Å². The van der Waals surface area contributed by atoms with Gasteiger partial charge in [0.1, 0.15) is 5.82 Å². The average Bonchev–Trinajstić information content (AvgIpc) is 2.82. The van der Waals surface area contributed by atoms with Crippen LogP contribution in [0.4, 0.5) is 10.1 Å². The lowest BCUT2D eigenvalue weighted by molar-refractivity contribution is 0.621. The van der Waals surface area contributed by atoms with Crippen molar-refractivity contribution >= 4 is 5.69 Å². The number of nitrogens with zero attached hydrogens (tertiary/aromatic N) is 1. The fourth-order valence-corrected chi connectivity index (χ4v) is 2.68. The summed E-state index contributed by atoms with van der Waals surface area (Å²) in [6.07, 6.45) is 0. The van der Waals surface area contributed by atoms with Crippen molar-refractivity contribution in [2.45, 2.75) is 26.1 Å². The van der Waals surface area contributed by atoms with Crippen LogP contribution < -0.4 is 10.6 Å². The molecular formula is C16H17FN2. The second-order valence-corrected chi connectivity index (χ2v) is 5.12. The van der Waals surface area contributed by atoms with Gasteiger partial charge in [-0.25, -0.2) is 4.39 Å². The molecule has 0 spiro atoms. The summed E-state index contributed by atoms with van der Waals surface area (Å²) in [6.45, 7) is 3.62. The third-order valence-electron chi connectivity index (χ3n) is 3.66. The summed E-state index contributed by atoms with van der Waals surface area (Å²) in [4.78, 5) is 2.25. The van der Waals surface area contributed by atoms with E-state index >= 15 is 0 Å². The smallest absolute Gasteiger partial charge is 0.123 e. The first-order valence-electron chi connectivity index (χ1n) is 6.52. The van der Waals surface area contributed by atoms with Gasteiger partial charge in [0.05, 0.1) is 0 Å². The van der Waals surface area contributed by atoms with E-state index in [1.807, 2.05) is 13.0 Å². The van der Waals surface area contributed by atoms with Crippen LogP contribution in [0, 0.1) is 5.82 Å². The Labute approximate surface area is 112 Å². The molecule has 0 radical (unpaired) electrons. The van der Waals surface area contributed by atoms with Crippen molar-refractivity contribution in [3.05, 3.63) is 65.0 Å². The van der Waals surface area contributed by atoms with Crippen LogP contribution in [0.15, 0.2) is 42.5 Å². The lowest BCUT2D eigenvalue weighted by Crippen LogP contribution is -2.19. The number of fused-ring (bicyclic) bond motifs is 1. The van der Waals surface area contributed by atoms with Gasteiger partial charge in [-0.15, -0.1) is 0 Å². The second kappa shape index (κ2) is 4.67. The summed E-state index contributed by atoms with van der Waals surface area (Å²) < 4.78 is 13.4. The van der Waals surface area contributed by atoms with Gasteiger partial charge in [0.2, 0.25) is 0 Å². The number of halogens is 1. The minimum Gasteiger partial charge on any atom is -0.363 e. The molecule has 0 saturated carbocycles. The fourth-order valence-electron chi connectivity index (χ4n) is 2.68. The molecule has 1 aliphatic heterocycles. The van der Waals surface area contributed by atoms with Crippen molar-refractivity contribution in [3.8, 4) is 0 Å². The van der Waals surface area contributed by atoms with Crippen LogP contribution in [-0.4, -0.2) is 0 Å². The minimum absolute atomic E-state index is 0.172. The number of anilines is 1. The number of rotatable bonds is 2. The van der Waals surface area contributed by atoms with E-state index in [4.69, 9.17) is 5.73 Å². The highest BCUT2D eigenvalue weighted by Crippen LogP contribution is 2.33. The number of hydrogen-bond donors (Lipinski definition) is 1. The molecule has 2 aromatic carbocycles. The zero-order valence-corrected chi connectivity index (χ0v) is 10.9. The quantitative estimate of drug-likeness (QED) is 0.892. The highest BCUT2D eigenvalue weighted by Gasteiger charge is 2.21. The first kappa shape index (κ1) is 12.2. The van der Waals surface area contributed by atoms with E-state index in [0.717, 1.165) is 24.3 Å². The minimum atomic E-state index is -0.229. The normalized spacial score (nSPS) is 15.4. The Morgan fingerprint density at radius 1 is 1.11 bits per heavy atom. The summed E-state index contributed by atoms with van der Waals surface area (Å²) in [5.41, 5.74) is 10.5. The van der Waals surface area contributed by atoms with Gasteiger partial charge in [0.25, 0.3) is 0 Å². The summed E-state index contributed by atoms with van der Waals surface area (Å²) in [6, 6.07) is 13.1. The number of hydrogen-bond acceptors (Lipinski definition) is 2. The molecule has 0 fully saturated rings. The predicted molar refractivity (Wildman–Crippen MR) is 75.3 cm³/mol. The maximum Gasteiger partial charge on any atom is 0.123 e. The third kappa shape index (κ3) is 2.22. The molecule has 3 rings (SSSR count). The molecule has 0 bridgehead atoms. The lowest BCUT2D eigenvalue weighted by Gasteiger charge is -2.23. The molecule has 19 heavy (non-hydrogen) atoms. The number of benzene rings is 2. The zero-order valence-electron chi connectivity index (χ0n) is 10.9. The van der Waals surface area contributed by atoms with Crippen molar-refractivity contribution in [2.24, 2.45) is 5.73 Å². The third-order valence-corrected chi connectivity index (χ3v) is 3.66. The summed E-state index contributed by atoms with van der Waals surface area (Å²) in [7, 11) is 0. The van der Waals surface area contributed by atoms with E-state index in [1.54, 1.807) is 6.07 Å². The van der Waals surface area contributed by atoms with Crippen LogP contribution in [-0.2, 0) is 13.1 Å². The van der Waals surface area contributed by atoms with Gasteiger partial charge in [-0.1, -0.05) is 24.3 Å². The van der Waals surface area contributed by atoms with Crippen LogP contribution >= 0.6 is 0 Å². The molecule has 1 heterocycles. The molecule has 98 valence electrons. The summed E-state index contributed by atoms with van der Waals surface area (Å²) in [5, 5.41) is 0. The van der Waals surface area contributed by atoms with Crippen LogP contribution in [0.2, 0.25) is 0 Å². The van der Waals surface area contributed by atoms with E-state index in [9.17, 15) is 4.39 Å². The Bertz CT molecular complexity index is 582. The van der Waals surface area contributed by atoms with Gasteiger partial charge < -0.3 is 10.6 Å². The van der Waals surface area contributed by atoms with Gasteiger partial charge in [-0.2, -0.15) is 0 Å². The van der Waals surface area contributed by atoms with E-state index < -0.39 is 0 Å². The van der Waals surface area contributed by atoms with E-state index in [1.165, 1.54) is 17.2 Å². The predicted octanol–water partition coefficient (Wildman–Crippen LogP) is 3.37. The Morgan fingerprint density at radius 3 is 2.32 bits per heavy atom. The van der Waals surface area contributed by atoms with Crippen molar-refractivity contribution in [1.82, 2.24) is 0 Å². The van der Waals surface area contributed by atoms with Gasteiger partial charge in [0.15, 0.2) is 0 Å². The molecule has 2 nitrogen and oxygen atoms in total. The van der Waals surface area contributed by atoms with Crippen molar-refractivity contribution in [2.75, 3.05) is 4.90 Å². The molecule has 1 unspecified atom stereocenters. The maximum absolute atomic E-state index is 13.4. The topological polar surface area (TPSA) is 29.3 Å². The highest BCUT2D eigenvalue weighted by molar-refractivity contribution is 5.58. The molecule has 1 aliphatic rings. The first-order valence-corrected chi connectivity index (χ1v) is 6.52. The van der Waals surface area contributed by atoms with Crippen molar-refractivity contribution < 1.29 is 4.39 Å². The van der Waals surface area contributed by atoms with E-state index in [-0.39, 0.29) is 11.9 Å². The van der Waals surface area contributed by atoms with Crippen molar-refractivity contribution in [1.29, 1.82) is 0 Å². The molecule has 0 aliphatic carbocycles. The molecule has 1 atom stereocenters. The van der Waals surface area contributed by atoms with Gasteiger partial charge in [0, 0.05) is 24.8 Å². The molecule has 2 aromatic rings. The average molecular weight is 256 g/mol. The van der Waals surface area contributed by atoms with Crippen LogP contribution in [0.5, 0.6) is 0 Å². The van der Waals surface area contributed by atoms with Gasteiger partial charge >= 0.3 is 0 Å². The van der Waals surface area contributed by atoms with Crippen LogP contribution in [0.25, 0.3) is 0 Å². The fraction of sp³-hybridized carbons (Fsp3) is 0.250. The van der Waals surface area contributed by atoms with Gasteiger partial charge in [-0.05, 0) is 41.8 Å². The van der Waals surface area contributed by atoms with Crippen molar-refractivity contribution in [3.63, 3.8) is 0 Å². The first-order chi connectivity index (χ1) is 9.15. The van der Waals surface area contributed by atoms with Crippen LogP contribution in [0.3, 0.4) is 0 Å². The summed E-state index contributed by atoms with van der Waals surface area (Å²) in [5.74, 6) is -0.229. The maximum atomic E-state index is 13.4. The SMILES string of the molecule is CC(N)c1cc(F)ccc1N1Cc2ccccc2C1. The Hall–Kier alpha value is -1.87. The lowest BCUT2D eigenvalue weighted by atomic mass is 10.1. The standard InChI is InChI=1S/C16H17FN2/c1-11(18)15-8-14(17)6-7-16(15)19-9-12-4-2-3-5-13(12)10-19/h2-8,11H,9-10,18H2,1H3. The largest absolute Gasteiger partial charge is 0.363 e. The van der Waals surface area contributed by atoms with Crippen LogP contribution in [0.1, 0.15) is 29.7 Å². The zero-order chi connectivity index (χ0) is 13.4. The van der Waals surface area contributed by atoms with Gasteiger partial charge in [-0.3, -0.25) is 0 Å². The molecule has 0 saturated heterocycles. The Balaban J connectivity index is 1.97. The monoisotopic (exact) mass is 256 g/mol. The van der Waals surface area contributed by atoms with E-state index in [0.29, 0.717) is 0 Å². The molecule has 0 amide bonds. The summed E-state index contributed by atoms with van der Waals surface area (Å²) >= 11 is 0. The molecule has 2 N–H and O–H groups in total. The molecule has 3 heteroatoms. The number of nitrogens with two attached hydrogens (primary N) is 1. The molecule has 0 aromatic heterocycles. The highest BCUT2D eigenvalue weighted by atomic mass is 19.1. The Morgan fingerprint density at radius 2 is 1.74 bits per heavy atom. The second-order valence-electron chi connectivity index (χ2n) is 5.12. The molecular weight excluding hydrogens is 239 g/mol. The Kier molecular flexibility index (Phi) is 2.99.